The Kier molecular flexibility index (Phi) is 4.60. The molecular weight excluding hydrogens is 290 g/mol. The lowest BCUT2D eigenvalue weighted by molar-refractivity contribution is 0.0896. The number of fused-ring (bicyclic) bond motifs is 1. The predicted molar refractivity (Wildman–Crippen MR) is 91.0 cm³/mol. The highest BCUT2D eigenvalue weighted by Crippen LogP contribution is 2.29. The van der Waals surface area contributed by atoms with Gasteiger partial charge in [0.1, 0.15) is 11.3 Å². The van der Waals surface area contributed by atoms with Crippen LogP contribution in [-0.4, -0.2) is 18.6 Å². The quantitative estimate of drug-likeness (QED) is 0.907. The molecule has 1 N–H and O–H groups in total. The molecule has 0 spiro atoms. The highest BCUT2D eigenvalue weighted by molar-refractivity contribution is 5.99. The first-order valence-corrected chi connectivity index (χ1v) is 8.55. The van der Waals surface area contributed by atoms with Crippen LogP contribution in [0.15, 0.2) is 22.6 Å². The molecular formula is C19H25NO3. The van der Waals surface area contributed by atoms with Gasteiger partial charge in [0, 0.05) is 17.0 Å². The Morgan fingerprint density at radius 3 is 2.74 bits per heavy atom. The number of nitrogens with one attached hydrogen (secondary N) is 1. The molecule has 124 valence electrons. The summed E-state index contributed by atoms with van der Waals surface area (Å²) in [6.07, 6.45) is 4.48. The van der Waals surface area contributed by atoms with Gasteiger partial charge in [-0.15, -0.1) is 0 Å². The summed E-state index contributed by atoms with van der Waals surface area (Å²) in [7, 11) is 0. The minimum Gasteiger partial charge on any atom is -0.494 e. The second kappa shape index (κ2) is 6.65. The van der Waals surface area contributed by atoms with Crippen molar-refractivity contribution in [1.82, 2.24) is 5.32 Å². The maximum absolute atomic E-state index is 12.6. The summed E-state index contributed by atoms with van der Waals surface area (Å²) in [5.74, 6) is 1.90. The molecule has 2 aromatic rings. The van der Waals surface area contributed by atoms with E-state index in [1.807, 2.05) is 32.0 Å². The zero-order valence-electron chi connectivity index (χ0n) is 14.1. The Labute approximate surface area is 137 Å². The summed E-state index contributed by atoms with van der Waals surface area (Å²) >= 11 is 0. The van der Waals surface area contributed by atoms with Crippen LogP contribution in [0.3, 0.4) is 0 Å². The molecule has 1 heterocycles. The van der Waals surface area contributed by atoms with Gasteiger partial charge in [0.05, 0.1) is 6.61 Å². The van der Waals surface area contributed by atoms with Crippen molar-refractivity contribution < 1.29 is 13.9 Å². The molecule has 1 fully saturated rings. The lowest BCUT2D eigenvalue weighted by atomic mass is 9.87. The third-order valence-corrected chi connectivity index (χ3v) is 4.78. The van der Waals surface area contributed by atoms with E-state index in [1.165, 1.54) is 12.8 Å². The fourth-order valence-electron chi connectivity index (χ4n) is 3.33. The number of aryl methyl sites for hydroxylation is 1. The normalized spacial score (nSPS) is 21.3. The van der Waals surface area contributed by atoms with Crippen molar-refractivity contribution in [3.63, 3.8) is 0 Å². The summed E-state index contributed by atoms with van der Waals surface area (Å²) in [6, 6.07) is 5.95. The number of carbonyl (C=O) groups is 1. The van der Waals surface area contributed by atoms with Gasteiger partial charge in [-0.3, -0.25) is 4.79 Å². The maximum atomic E-state index is 12.6. The molecule has 3 rings (SSSR count). The van der Waals surface area contributed by atoms with Gasteiger partial charge in [-0.25, -0.2) is 0 Å². The van der Waals surface area contributed by atoms with Crippen LogP contribution in [0.1, 0.15) is 55.6 Å². The van der Waals surface area contributed by atoms with E-state index in [0.717, 1.165) is 41.0 Å². The van der Waals surface area contributed by atoms with Crippen molar-refractivity contribution in [3.8, 4) is 5.75 Å². The average molecular weight is 315 g/mol. The van der Waals surface area contributed by atoms with Crippen LogP contribution in [0.4, 0.5) is 0 Å². The van der Waals surface area contributed by atoms with E-state index in [2.05, 4.69) is 12.2 Å². The van der Waals surface area contributed by atoms with Crippen molar-refractivity contribution >= 4 is 16.9 Å². The molecule has 1 saturated carbocycles. The molecule has 0 aliphatic heterocycles. The first-order valence-electron chi connectivity index (χ1n) is 8.55. The van der Waals surface area contributed by atoms with Crippen molar-refractivity contribution in [1.29, 1.82) is 0 Å². The van der Waals surface area contributed by atoms with Gasteiger partial charge in [-0.2, -0.15) is 0 Å². The van der Waals surface area contributed by atoms with Gasteiger partial charge in [-0.05, 0) is 63.6 Å². The molecule has 1 aliphatic carbocycles. The van der Waals surface area contributed by atoms with Crippen LogP contribution in [-0.2, 0) is 0 Å². The summed E-state index contributed by atoms with van der Waals surface area (Å²) < 4.78 is 11.3. The van der Waals surface area contributed by atoms with E-state index in [0.29, 0.717) is 12.4 Å². The van der Waals surface area contributed by atoms with E-state index >= 15 is 0 Å². The summed E-state index contributed by atoms with van der Waals surface area (Å²) in [5.41, 5.74) is 1.61. The molecule has 0 atom stereocenters. The molecule has 0 radical (unpaired) electrons. The van der Waals surface area contributed by atoms with E-state index in [1.54, 1.807) is 0 Å². The molecule has 1 aliphatic rings. The maximum Gasteiger partial charge on any atom is 0.287 e. The fraction of sp³-hybridized carbons (Fsp3) is 0.526. The van der Waals surface area contributed by atoms with Gasteiger partial charge in [0.15, 0.2) is 5.76 Å². The van der Waals surface area contributed by atoms with E-state index in [9.17, 15) is 4.79 Å². The number of furan rings is 1. The van der Waals surface area contributed by atoms with Crippen molar-refractivity contribution in [2.24, 2.45) is 5.92 Å². The molecule has 0 bridgehead atoms. The Balaban J connectivity index is 1.79. The SMILES string of the molecule is CCOc1ccc2oc(C(=O)NC3CCC(C)CC3)c(C)c2c1. The number of ether oxygens (including phenoxy) is 1. The number of hydrogen-bond donors (Lipinski definition) is 1. The Hall–Kier alpha value is -1.97. The zero-order chi connectivity index (χ0) is 16.4. The highest BCUT2D eigenvalue weighted by Gasteiger charge is 2.23. The Morgan fingerprint density at radius 1 is 1.30 bits per heavy atom. The van der Waals surface area contributed by atoms with Crippen LogP contribution in [0.2, 0.25) is 0 Å². The van der Waals surface area contributed by atoms with Crippen LogP contribution >= 0.6 is 0 Å². The molecule has 0 saturated heterocycles. The third kappa shape index (κ3) is 3.36. The van der Waals surface area contributed by atoms with Gasteiger partial charge >= 0.3 is 0 Å². The van der Waals surface area contributed by atoms with Gasteiger partial charge in [-0.1, -0.05) is 6.92 Å². The third-order valence-electron chi connectivity index (χ3n) is 4.78. The van der Waals surface area contributed by atoms with Crippen molar-refractivity contribution in [3.05, 3.63) is 29.5 Å². The average Bonchev–Trinajstić information content (AvgIpc) is 2.87. The molecule has 4 heteroatoms. The van der Waals surface area contributed by atoms with Crippen LogP contribution in [0.5, 0.6) is 5.75 Å². The van der Waals surface area contributed by atoms with E-state index in [-0.39, 0.29) is 11.9 Å². The lowest BCUT2D eigenvalue weighted by Crippen LogP contribution is -2.37. The topological polar surface area (TPSA) is 51.5 Å². The summed E-state index contributed by atoms with van der Waals surface area (Å²) in [4.78, 5) is 12.6. The number of carbonyl (C=O) groups excluding carboxylic acids is 1. The highest BCUT2D eigenvalue weighted by atomic mass is 16.5. The number of amides is 1. The fourth-order valence-corrected chi connectivity index (χ4v) is 3.33. The molecule has 0 unspecified atom stereocenters. The molecule has 1 amide bonds. The lowest BCUT2D eigenvalue weighted by Gasteiger charge is -2.26. The Bertz CT molecular complexity index is 696. The smallest absolute Gasteiger partial charge is 0.287 e. The van der Waals surface area contributed by atoms with E-state index < -0.39 is 0 Å². The summed E-state index contributed by atoms with van der Waals surface area (Å²) in [5, 5.41) is 4.08. The number of hydrogen-bond acceptors (Lipinski definition) is 3. The minimum absolute atomic E-state index is 0.101. The molecule has 23 heavy (non-hydrogen) atoms. The summed E-state index contributed by atoms with van der Waals surface area (Å²) in [6.45, 7) is 6.78. The Morgan fingerprint density at radius 2 is 2.04 bits per heavy atom. The van der Waals surface area contributed by atoms with Crippen molar-refractivity contribution in [2.45, 2.75) is 52.5 Å². The first-order chi connectivity index (χ1) is 11.1. The largest absolute Gasteiger partial charge is 0.494 e. The molecule has 4 nitrogen and oxygen atoms in total. The van der Waals surface area contributed by atoms with Gasteiger partial charge < -0.3 is 14.5 Å². The van der Waals surface area contributed by atoms with Crippen LogP contribution in [0, 0.1) is 12.8 Å². The second-order valence-electron chi connectivity index (χ2n) is 6.58. The molecule has 1 aromatic carbocycles. The van der Waals surface area contributed by atoms with Crippen molar-refractivity contribution in [2.75, 3.05) is 6.61 Å². The second-order valence-corrected chi connectivity index (χ2v) is 6.58. The predicted octanol–water partition coefficient (Wildman–Crippen LogP) is 4.45. The number of benzene rings is 1. The molecule has 1 aromatic heterocycles. The first kappa shape index (κ1) is 15.9. The monoisotopic (exact) mass is 315 g/mol. The standard InChI is InChI=1S/C19H25NO3/c1-4-22-15-9-10-17-16(11-15)13(3)18(23-17)19(21)20-14-7-5-12(2)6-8-14/h9-12,14H,4-8H2,1-3H3,(H,20,21). The zero-order valence-corrected chi connectivity index (χ0v) is 14.1. The van der Waals surface area contributed by atoms with Gasteiger partial charge in [0.2, 0.25) is 0 Å². The van der Waals surface area contributed by atoms with Gasteiger partial charge in [0.25, 0.3) is 5.91 Å². The number of rotatable bonds is 4. The van der Waals surface area contributed by atoms with Crippen LogP contribution in [0.25, 0.3) is 11.0 Å². The van der Waals surface area contributed by atoms with E-state index in [4.69, 9.17) is 9.15 Å². The minimum atomic E-state index is -0.101. The van der Waals surface area contributed by atoms with Crippen LogP contribution < -0.4 is 10.1 Å².